The zero-order chi connectivity index (χ0) is 36.0. The highest BCUT2D eigenvalue weighted by Crippen LogP contribution is 2.61. The van der Waals surface area contributed by atoms with E-state index in [1.165, 1.54) is 13.2 Å². The molecule has 1 fully saturated rings. The number of carbonyl (C=O) groups is 3. The number of ketones is 2. The molecule has 0 saturated carbocycles. The lowest BCUT2D eigenvalue weighted by Gasteiger charge is -2.44. The lowest BCUT2D eigenvalue weighted by molar-refractivity contribution is -0.313. The quantitative estimate of drug-likeness (QED) is 0.141. The van der Waals surface area contributed by atoms with E-state index in [0.29, 0.717) is 0 Å². The fourth-order valence-corrected chi connectivity index (χ4v) is 6.86. The molecule has 17 heteroatoms. The number of aliphatic hydroxyl groups is 2. The van der Waals surface area contributed by atoms with E-state index in [-0.39, 0.29) is 23.8 Å². The SMILES string of the molecule is CO[C@@H]1C[C@H](O[13C@@H]2[13c]3[13c](O)[13c]4[13c]([13c](O)[13c]3O[13C@@]23O[13c]2[13c]([13cH][13c]5[13cH][13c]([13C](=O)OC)o[13c](=O)[13c]5[13c]2O)[13CH2][13C@H]3O)[13C](=O)[13C](OC)=[13CH][13C]4=O)O[C@@H](C)[C@@H]1O. The third kappa shape index (κ3) is 4.65. The molecule has 17 nitrogen and oxygen atoms in total. The summed E-state index contributed by atoms with van der Waals surface area (Å²) in [6.45, 7) is 1.55. The van der Waals surface area contributed by atoms with Crippen molar-refractivity contribution in [2.24, 2.45) is 0 Å². The standard InChI is InChI=1S/C33H30O17/c1-10-23(36)15(44-3)9-18(46-10)48-30-22-25(38)20-13(34)8-14(43-2)24(37)21(20)27(40)29(22)50-33(30)17(35)7-12-5-11-6-16(31(41)45-4)47-32(42)19(11)26(39)28(12)49-33/h5-6,8,10,15,17-18,23,30,35-36,38-40H,7,9H2,1-4H3/t10-,15+,17+,18-,23-,30+,33+/m0/s1/i5+1,6+1,7+1,8+1,11+1,12+1,13+1,14+1,16+1,17+1,19+1,20+1,21+1,22+1,24+1,25+1,26+1,27+1,28+1,29+1,30+1,31+1,32+1,33+1. The number of phenolic OH excluding ortho intramolecular Hbond substituents is 3. The molecular formula is C33H30O17. The molecule has 4 aliphatic rings. The number of hydrogen-bond donors (Lipinski definition) is 5. The smallest absolute Gasteiger partial charge is 0.374 e. The summed E-state index contributed by atoms with van der Waals surface area (Å²) in [6.07, 6.45) is -7.15. The molecule has 5 N–H and O–H groups in total. The Morgan fingerprint density at radius 2 is 1.68 bits per heavy atom. The molecular weight excluding hydrogens is 692 g/mol. The number of benzene rings is 2. The number of methoxy groups -OCH3 is 3. The molecule has 1 spiro atoms. The van der Waals surface area contributed by atoms with Crippen molar-refractivity contribution >= 4 is 28.3 Å². The highest BCUT2D eigenvalue weighted by molar-refractivity contribution is 6.26. The summed E-state index contributed by atoms with van der Waals surface area (Å²) in [6, 6.07) is 2.52. The number of aromatic hydroxyl groups is 3. The zero-order valence-corrected chi connectivity index (χ0v) is 26.7. The minimum absolute atomic E-state index is 0.0447. The average molecular weight is 722 g/mol. The van der Waals surface area contributed by atoms with E-state index in [2.05, 4.69) is 4.74 Å². The Kier molecular flexibility index (Phi) is 7.80. The van der Waals surface area contributed by atoms with Gasteiger partial charge in [-0.15, -0.1) is 0 Å². The molecule has 0 amide bonds. The van der Waals surface area contributed by atoms with Crippen LogP contribution >= 0.6 is 0 Å². The first-order valence-corrected chi connectivity index (χ1v) is 15.2. The van der Waals surface area contributed by atoms with Crippen LogP contribution in [-0.4, -0.2) is 101 Å². The fraction of sp³-hybridized carbons (Fsp3) is 0.394. The average Bonchev–Trinajstić information content (AvgIpc) is 3.40. The topological polar surface area (TPSA) is 247 Å². The Labute approximate surface area is 280 Å². The molecule has 1 aliphatic carbocycles. The summed E-state index contributed by atoms with van der Waals surface area (Å²) in [5.74, 6) is -9.75. The highest BCUT2D eigenvalue weighted by atomic mass is 17.0. The van der Waals surface area contributed by atoms with Crippen molar-refractivity contribution in [1.29, 1.82) is 0 Å². The summed E-state index contributed by atoms with van der Waals surface area (Å²) >= 11 is 0. The second-order valence-corrected chi connectivity index (χ2v) is 12.1. The van der Waals surface area contributed by atoms with Crippen molar-refractivity contribution in [2.75, 3.05) is 21.3 Å². The van der Waals surface area contributed by atoms with Gasteiger partial charge in [0.25, 0.3) is 0 Å². The molecule has 50 heavy (non-hydrogen) atoms. The molecule has 7 rings (SSSR count). The highest BCUT2D eigenvalue weighted by Gasteiger charge is 2.63. The lowest BCUT2D eigenvalue weighted by atomic mass is 10.0. The predicted octanol–water partition coefficient (Wildman–Crippen LogP) is 1.26. The molecule has 0 unspecified atom stereocenters. The van der Waals surface area contributed by atoms with E-state index in [4.69, 9.17) is 32.8 Å². The van der Waals surface area contributed by atoms with Crippen molar-refractivity contribution in [1.82, 2.24) is 0 Å². The molecule has 0 radical (unpaired) electrons. The second-order valence-electron chi connectivity index (χ2n) is 12.1. The van der Waals surface area contributed by atoms with Crippen LogP contribution in [0.3, 0.4) is 0 Å². The molecule has 1 aromatic heterocycles. The van der Waals surface area contributed by atoms with Gasteiger partial charge in [-0.25, -0.2) is 9.59 Å². The summed E-state index contributed by atoms with van der Waals surface area (Å²) in [5, 5.41) is 56.5. The number of ether oxygens (including phenoxy) is 7. The normalized spacial score (nSPS) is 28.3. The first-order valence-electron chi connectivity index (χ1n) is 15.2. The van der Waals surface area contributed by atoms with E-state index in [1.54, 1.807) is 6.92 Å². The molecule has 2 aromatic carbocycles. The first kappa shape index (κ1) is 33.3. The number of fused-ring (bicyclic) bond motifs is 4. The van der Waals surface area contributed by atoms with E-state index in [9.17, 15) is 44.7 Å². The number of esters is 1. The van der Waals surface area contributed by atoms with Gasteiger partial charge in [-0.05, 0) is 24.4 Å². The summed E-state index contributed by atoms with van der Waals surface area (Å²) in [7, 11) is 3.58. The Balaban J connectivity index is 1.41. The van der Waals surface area contributed by atoms with Crippen LogP contribution in [0, 0.1) is 0 Å². The van der Waals surface area contributed by atoms with Crippen LogP contribution in [0.5, 0.6) is 28.7 Å². The maximum atomic E-state index is 13.2. The minimum Gasteiger partial charge on any atom is -0.507 e. The number of rotatable bonds is 5. The van der Waals surface area contributed by atoms with Crippen molar-refractivity contribution in [3.8, 4) is 28.7 Å². The van der Waals surface area contributed by atoms with Gasteiger partial charge in [-0.1, -0.05) is 0 Å². The maximum absolute atomic E-state index is 13.2. The van der Waals surface area contributed by atoms with Gasteiger partial charge in [0, 0.05) is 31.6 Å². The molecule has 0 bridgehead atoms. The Bertz CT molecular complexity index is 2080. The summed E-state index contributed by atoms with van der Waals surface area (Å²) in [5.41, 5.74) is -2.68. The van der Waals surface area contributed by atoms with Gasteiger partial charge >= 0.3 is 17.4 Å². The van der Waals surface area contributed by atoms with E-state index >= 15 is 0 Å². The maximum Gasteiger partial charge on any atom is 0.374 e. The van der Waals surface area contributed by atoms with Crippen LogP contribution in [0.15, 0.2) is 33.2 Å². The van der Waals surface area contributed by atoms with Crippen molar-refractivity contribution in [3.63, 3.8) is 0 Å². The summed E-state index contributed by atoms with van der Waals surface area (Å²) in [4.78, 5) is 51.5. The third-order valence-corrected chi connectivity index (χ3v) is 9.33. The van der Waals surface area contributed by atoms with Crippen LogP contribution in [0.2, 0.25) is 0 Å². The zero-order valence-electron chi connectivity index (χ0n) is 26.7. The van der Waals surface area contributed by atoms with Crippen LogP contribution in [0.25, 0.3) is 10.8 Å². The third-order valence-electron chi connectivity index (χ3n) is 9.33. The second kappa shape index (κ2) is 11.7. The Morgan fingerprint density at radius 3 is 2.36 bits per heavy atom. The van der Waals surface area contributed by atoms with E-state index in [0.717, 1.165) is 26.4 Å². The number of carbonyl (C=O) groups excluding carboxylic acids is 3. The lowest BCUT2D eigenvalue weighted by Crippen LogP contribution is -2.59. The van der Waals surface area contributed by atoms with Crippen molar-refractivity contribution < 1.29 is 77.5 Å². The van der Waals surface area contributed by atoms with Gasteiger partial charge in [-0.3, -0.25) is 9.59 Å². The molecule has 264 valence electrons. The van der Waals surface area contributed by atoms with Crippen LogP contribution in [-0.2, 0) is 30.1 Å². The molecule has 1 saturated heterocycles. The Hall–Kier alpha value is -5.20. The van der Waals surface area contributed by atoms with Gasteiger partial charge in [0.1, 0.15) is 23.3 Å². The number of phenols is 3. The van der Waals surface area contributed by atoms with Crippen LogP contribution < -0.4 is 15.1 Å². The van der Waals surface area contributed by atoms with Crippen molar-refractivity contribution in [3.05, 3.63) is 62.4 Å². The predicted molar refractivity (Wildman–Crippen MR) is 162 cm³/mol. The number of aliphatic hydroxyl groups excluding tert-OH is 2. The molecule has 3 aliphatic heterocycles. The van der Waals surface area contributed by atoms with Gasteiger partial charge in [0.05, 0.1) is 43.1 Å². The minimum atomic E-state index is -2.50. The number of allylic oxidation sites excluding steroid dienone is 2. The van der Waals surface area contributed by atoms with Gasteiger partial charge in [0.2, 0.25) is 11.5 Å². The van der Waals surface area contributed by atoms with E-state index in [1.807, 2.05) is 0 Å². The molecule has 4 heterocycles. The van der Waals surface area contributed by atoms with Gasteiger partial charge in [0.15, 0.2) is 46.9 Å². The van der Waals surface area contributed by atoms with Crippen LogP contribution in [0.1, 0.15) is 61.8 Å². The number of Topliss-reactive ketones (excluding diaryl/α,β-unsaturated/α-hetero) is 1. The van der Waals surface area contributed by atoms with Gasteiger partial charge < -0.3 is 63.1 Å². The molecule has 3 aromatic rings. The van der Waals surface area contributed by atoms with Crippen LogP contribution in [0.4, 0.5) is 0 Å². The number of hydrogen-bond acceptors (Lipinski definition) is 17. The Morgan fingerprint density at radius 1 is 0.960 bits per heavy atom. The largest absolute Gasteiger partial charge is 0.507 e. The van der Waals surface area contributed by atoms with E-state index < -0.39 is 128 Å². The van der Waals surface area contributed by atoms with Gasteiger partial charge in [-0.2, -0.15) is 0 Å². The first-order chi connectivity index (χ1) is 23.8. The molecule has 7 atom stereocenters. The van der Waals surface area contributed by atoms with Crippen molar-refractivity contribution in [2.45, 2.75) is 62.4 Å². The fourth-order valence-electron chi connectivity index (χ4n) is 6.86. The summed E-state index contributed by atoms with van der Waals surface area (Å²) < 4.78 is 44.5. The monoisotopic (exact) mass is 722 g/mol.